The zero-order valence-electron chi connectivity index (χ0n) is 25.6. The Labute approximate surface area is 254 Å². The molecule has 0 radical (unpaired) electrons. The van der Waals surface area contributed by atoms with Gasteiger partial charge in [0.1, 0.15) is 0 Å². The summed E-state index contributed by atoms with van der Waals surface area (Å²) in [4.78, 5) is 0. The van der Waals surface area contributed by atoms with Gasteiger partial charge in [0.25, 0.3) is 0 Å². The molecule has 2 nitrogen and oxygen atoms in total. The molecule has 216 valence electrons. The zero-order valence-corrected chi connectivity index (χ0v) is 25.6. The van der Waals surface area contributed by atoms with Crippen molar-refractivity contribution in [2.45, 2.75) is 90.9 Å². The van der Waals surface area contributed by atoms with Gasteiger partial charge in [-0.05, 0) is 83.3 Å². The third-order valence-electron chi connectivity index (χ3n) is 7.74. The molecule has 0 saturated carbocycles. The number of hydrogen-bond donors (Lipinski definition) is 0. The maximum Gasteiger partial charge on any atom is 0.0991 e. The monoisotopic (exact) mass is 554 g/mol. The van der Waals surface area contributed by atoms with E-state index in [2.05, 4.69) is 74.5 Å². The minimum absolute atomic E-state index is 0.711. The molecule has 4 rings (SSSR count). The molecule has 0 atom stereocenters. The van der Waals surface area contributed by atoms with Gasteiger partial charge in [-0.15, -0.1) is 0 Å². The highest BCUT2D eigenvalue weighted by Crippen LogP contribution is 2.22. The van der Waals surface area contributed by atoms with Crippen LogP contribution >= 0.6 is 0 Å². The van der Waals surface area contributed by atoms with Crippen molar-refractivity contribution in [1.82, 2.24) is 0 Å². The average molecular weight is 555 g/mol. The van der Waals surface area contributed by atoms with E-state index in [1.54, 1.807) is 0 Å². The SMILES string of the molecule is CCCCCCCc1ccc(-c2ccc(C#N)cc2)cc1.CCCCCCCc1ccc(-c2ccc(C#N)cc2)cc1. The lowest BCUT2D eigenvalue weighted by Crippen LogP contribution is -1.87. The van der Waals surface area contributed by atoms with E-state index in [1.807, 2.05) is 48.5 Å². The molecular weight excluding hydrogens is 508 g/mol. The van der Waals surface area contributed by atoms with Crippen LogP contribution in [0, 0.1) is 22.7 Å². The number of nitriles is 2. The molecule has 0 saturated heterocycles. The first-order chi connectivity index (χ1) is 20.7. The molecule has 4 aromatic rings. The van der Waals surface area contributed by atoms with Crippen molar-refractivity contribution in [3.63, 3.8) is 0 Å². The van der Waals surface area contributed by atoms with Crippen molar-refractivity contribution in [3.8, 4) is 34.4 Å². The number of hydrogen-bond acceptors (Lipinski definition) is 2. The summed E-state index contributed by atoms with van der Waals surface area (Å²) in [5, 5.41) is 17.6. The fourth-order valence-corrected chi connectivity index (χ4v) is 5.07. The van der Waals surface area contributed by atoms with Crippen LogP contribution in [0.2, 0.25) is 0 Å². The van der Waals surface area contributed by atoms with Gasteiger partial charge in [-0.25, -0.2) is 0 Å². The second-order valence-electron chi connectivity index (χ2n) is 11.1. The predicted molar refractivity (Wildman–Crippen MR) is 178 cm³/mol. The summed E-state index contributed by atoms with van der Waals surface area (Å²) in [6.07, 6.45) is 15.7. The second-order valence-corrected chi connectivity index (χ2v) is 11.1. The summed E-state index contributed by atoms with van der Waals surface area (Å²) in [7, 11) is 0. The van der Waals surface area contributed by atoms with Crippen LogP contribution in [-0.2, 0) is 12.8 Å². The number of unbranched alkanes of at least 4 members (excludes halogenated alkanes) is 8. The van der Waals surface area contributed by atoms with Gasteiger partial charge in [-0.1, -0.05) is 138 Å². The van der Waals surface area contributed by atoms with Crippen LogP contribution in [0.4, 0.5) is 0 Å². The Morgan fingerprint density at radius 1 is 0.381 bits per heavy atom. The van der Waals surface area contributed by atoms with E-state index in [1.165, 1.54) is 110 Å². The minimum atomic E-state index is 0.711. The fourth-order valence-electron chi connectivity index (χ4n) is 5.07. The average Bonchev–Trinajstić information content (AvgIpc) is 3.05. The van der Waals surface area contributed by atoms with Crippen LogP contribution in [0.1, 0.15) is 100 Å². The third-order valence-corrected chi connectivity index (χ3v) is 7.74. The minimum Gasteiger partial charge on any atom is -0.192 e. The normalized spacial score (nSPS) is 10.3. The Morgan fingerprint density at radius 2 is 0.667 bits per heavy atom. The van der Waals surface area contributed by atoms with Gasteiger partial charge in [0.15, 0.2) is 0 Å². The first-order valence-corrected chi connectivity index (χ1v) is 15.9. The molecule has 0 N–H and O–H groups in total. The van der Waals surface area contributed by atoms with Crippen LogP contribution in [0.25, 0.3) is 22.3 Å². The van der Waals surface area contributed by atoms with E-state index in [0.717, 1.165) is 0 Å². The van der Waals surface area contributed by atoms with Crippen molar-refractivity contribution >= 4 is 0 Å². The highest BCUT2D eigenvalue weighted by molar-refractivity contribution is 5.65. The number of nitrogens with zero attached hydrogens (tertiary/aromatic N) is 2. The van der Waals surface area contributed by atoms with E-state index < -0.39 is 0 Å². The number of rotatable bonds is 14. The fraction of sp³-hybridized carbons (Fsp3) is 0.350. The van der Waals surface area contributed by atoms with Crippen molar-refractivity contribution in [1.29, 1.82) is 10.5 Å². The summed E-state index contributed by atoms with van der Waals surface area (Å²) >= 11 is 0. The highest BCUT2D eigenvalue weighted by Gasteiger charge is 2.01. The first kappa shape index (κ1) is 32.4. The Morgan fingerprint density at radius 3 is 0.952 bits per heavy atom. The topological polar surface area (TPSA) is 47.6 Å². The molecule has 0 fully saturated rings. The summed E-state index contributed by atoms with van der Waals surface area (Å²) < 4.78 is 0. The number of aryl methyl sites for hydroxylation is 2. The van der Waals surface area contributed by atoms with E-state index in [0.29, 0.717) is 11.1 Å². The quantitative estimate of drug-likeness (QED) is 0.146. The lowest BCUT2D eigenvalue weighted by Gasteiger charge is -2.05. The Bertz CT molecular complexity index is 1260. The molecule has 4 aromatic carbocycles. The van der Waals surface area contributed by atoms with Crippen LogP contribution in [0.3, 0.4) is 0 Å². The zero-order chi connectivity index (χ0) is 29.8. The molecule has 0 unspecified atom stereocenters. The molecule has 0 aliphatic heterocycles. The predicted octanol–water partition coefficient (Wildman–Crippen LogP) is 11.5. The van der Waals surface area contributed by atoms with Crippen LogP contribution < -0.4 is 0 Å². The van der Waals surface area contributed by atoms with Gasteiger partial charge in [-0.3, -0.25) is 0 Å². The molecule has 0 aliphatic rings. The maximum absolute atomic E-state index is 8.82. The van der Waals surface area contributed by atoms with Gasteiger partial charge in [0.05, 0.1) is 23.3 Å². The maximum atomic E-state index is 8.82. The van der Waals surface area contributed by atoms with E-state index in [-0.39, 0.29) is 0 Å². The first-order valence-electron chi connectivity index (χ1n) is 15.9. The van der Waals surface area contributed by atoms with E-state index in [4.69, 9.17) is 10.5 Å². The second kappa shape index (κ2) is 19.1. The molecule has 0 aliphatic carbocycles. The van der Waals surface area contributed by atoms with Crippen molar-refractivity contribution in [3.05, 3.63) is 119 Å². The van der Waals surface area contributed by atoms with Gasteiger partial charge in [0, 0.05) is 0 Å². The molecule has 0 bridgehead atoms. The lowest BCUT2D eigenvalue weighted by molar-refractivity contribution is 0.632. The van der Waals surface area contributed by atoms with E-state index in [9.17, 15) is 0 Å². The van der Waals surface area contributed by atoms with E-state index >= 15 is 0 Å². The summed E-state index contributed by atoms with van der Waals surface area (Å²) in [5.41, 5.74) is 9.04. The van der Waals surface area contributed by atoms with Crippen molar-refractivity contribution in [2.75, 3.05) is 0 Å². The molecule has 0 aromatic heterocycles. The van der Waals surface area contributed by atoms with Gasteiger partial charge in [-0.2, -0.15) is 10.5 Å². The summed E-state index contributed by atoms with van der Waals surface area (Å²) in [6.45, 7) is 4.50. The number of benzene rings is 4. The van der Waals surface area contributed by atoms with Crippen LogP contribution in [0.5, 0.6) is 0 Å². The molecule has 2 heteroatoms. The third kappa shape index (κ3) is 11.4. The van der Waals surface area contributed by atoms with Gasteiger partial charge in [0.2, 0.25) is 0 Å². The van der Waals surface area contributed by atoms with Crippen LogP contribution in [-0.4, -0.2) is 0 Å². The standard InChI is InChI=1S/2C20H23N/c2*1-2-3-4-5-6-7-17-8-12-19(13-9-17)20-14-10-18(16-21)11-15-20/h2*8-15H,2-7H2,1H3. The lowest BCUT2D eigenvalue weighted by atomic mass is 10.0. The summed E-state index contributed by atoms with van der Waals surface area (Å²) in [5.74, 6) is 0. The Kier molecular flexibility index (Phi) is 14.7. The largest absolute Gasteiger partial charge is 0.192 e. The van der Waals surface area contributed by atoms with Crippen molar-refractivity contribution in [2.24, 2.45) is 0 Å². The molecule has 42 heavy (non-hydrogen) atoms. The molecular formula is C40H46N2. The van der Waals surface area contributed by atoms with Crippen molar-refractivity contribution < 1.29 is 0 Å². The highest BCUT2D eigenvalue weighted by atomic mass is 14.2. The molecule has 0 amide bonds. The summed E-state index contributed by atoms with van der Waals surface area (Å²) in [6, 6.07) is 37.5. The molecule has 0 heterocycles. The van der Waals surface area contributed by atoms with Gasteiger partial charge >= 0.3 is 0 Å². The molecule has 0 spiro atoms. The smallest absolute Gasteiger partial charge is 0.0991 e. The van der Waals surface area contributed by atoms with Gasteiger partial charge < -0.3 is 0 Å². The Hall–Kier alpha value is -4.14. The Balaban J connectivity index is 0.000000230. The van der Waals surface area contributed by atoms with Crippen LogP contribution in [0.15, 0.2) is 97.1 Å².